The molecule has 0 aromatic carbocycles. The lowest BCUT2D eigenvalue weighted by molar-refractivity contribution is 0.586. The van der Waals surface area contributed by atoms with Gasteiger partial charge in [-0.05, 0) is 19.1 Å². The van der Waals surface area contributed by atoms with Crippen molar-refractivity contribution >= 4 is 15.8 Å². The average Bonchev–Trinajstić information content (AvgIpc) is 2.42. The molecule has 1 aromatic heterocycles. The van der Waals surface area contributed by atoms with E-state index in [0.717, 1.165) is 0 Å². The fraction of sp³-hybridized carbons (Fsp3) is 0.333. The Morgan fingerprint density at radius 1 is 1.47 bits per heavy atom. The first-order valence-electron chi connectivity index (χ1n) is 5.76. The molecular formula is C12H16N4O2S. The second-order valence-corrected chi connectivity index (χ2v) is 5.53. The van der Waals surface area contributed by atoms with E-state index >= 15 is 0 Å². The molecule has 7 heteroatoms. The molecule has 0 radical (unpaired) electrons. The van der Waals surface area contributed by atoms with E-state index in [1.165, 1.54) is 0 Å². The molecule has 0 saturated heterocycles. The highest BCUT2D eigenvalue weighted by Crippen LogP contribution is 2.08. The monoisotopic (exact) mass is 280 g/mol. The van der Waals surface area contributed by atoms with Crippen molar-refractivity contribution in [2.75, 3.05) is 24.2 Å². The zero-order chi connectivity index (χ0) is 14.1. The van der Waals surface area contributed by atoms with Crippen molar-refractivity contribution in [2.45, 2.75) is 6.92 Å². The lowest BCUT2D eigenvalue weighted by Gasteiger charge is -2.07. The predicted molar refractivity (Wildman–Crippen MR) is 74.0 cm³/mol. The Labute approximate surface area is 113 Å². The van der Waals surface area contributed by atoms with E-state index < -0.39 is 10.0 Å². The van der Waals surface area contributed by atoms with Crippen LogP contribution < -0.4 is 10.0 Å². The Morgan fingerprint density at radius 2 is 2.26 bits per heavy atom. The molecule has 0 aliphatic carbocycles. The summed E-state index contributed by atoms with van der Waals surface area (Å²) in [6.07, 6.45) is 4.83. The van der Waals surface area contributed by atoms with E-state index in [-0.39, 0.29) is 12.3 Å². The number of allylic oxidation sites excluding steroid dienone is 1. The van der Waals surface area contributed by atoms with Crippen molar-refractivity contribution in [2.24, 2.45) is 0 Å². The van der Waals surface area contributed by atoms with Crippen LogP contribution in [0.5, 0.6) is 0 Å². The normalized spacial score (nSPS) is 11.4. The topological polar surface area (TPSA) is 94.9 Å². The van der Waals surface area contributed by atoms with Gasteiger partial charge in [0, 0.05) is 19.3 Å². The zero-order valence-corrected chi connectivity index (χ0v) is 11.4. The van der Waals surface area contributed by atoms with Gasteiger partial charge in [-0.1, -0.05) is 12.2 Å². The Hall–Kier alpha value is -1.91. The molecule has 0 fully saturated rings. The number of nitrogens with zero attached hydrogens (tertiary/aromatic N) is 2. The molecule has 6 nitrogen and oxygen atoms in total. The quantitative estimate of drug-likeness (QED) is 0.570. The molecule has 1 aromatic rings. The minimum Gasteiger partial charge on any atom is -0.368 e. The summed E-state index contributed by atoms with van der Waals surface area (Å²) < 4.78 is 25.4. The summed E-state index contributed by atoms with van der Waals surface area (Å²) in [4.78, 5) is 4.01. The Kier molecular flexibility index (Phi) is 5.99. The molecule has 0 aliphatic rings. The van der Waals surface area contributed by atoms with Crippen LogP contribution in [0.15, 0.2) is 30.5 Å². The summed E-state index contributed by atoms with van der Waals surface area (Å²) in [5.74, 6) is 0.425. The number of hydrogen-bond acceptors (Lipinski definition) is 5. The van der Waals surface area contributed by atoms with Crippen LogP contribution in [0.3, 0.4) is 0 Å². The number of sulfonamides is 1. The highest BCUT2D eigenvalue weighted by atomic mass is 32.2. The number of nitriles is 1. The minimum atomic E-state index is -3.28. The minimum absolute atomic E-state index is 0.0312. The van der Waals surface area contributed by atoms with Crippen molar-refractivity contribution in [3.05, 3.63) is 36.0 Å². The second kappa shape index (κ2) is 7.51. The third-order valence-corrected chi connectivity index (χ3v) is 3.49. The fourth-order valence-corrected chi connectivity index (χ4v) is 2.28. The Morgan fingerprint density at radius 3 is 2.95 bits per heavy atom. The van der Waals surface area contributed by atoms with Gasteiger partial charge in [0.15, 0.2) is 0 Å². The van der Waals surface area contributed by atoms with Gasteiger partial charge in [-0.25, -0.2) is 18.1 Å². The molecule has 0 aliphatic heterocycles. The van der Waals surface area contributed by atoms with Gasteiger partial charge in [-0.15, -0.1) is 0 Å². The number of hydrogen-bond donors (Lipinski definition) is 2. The molecular weight excluding hydrogens is 264 g/mol. The standard InChI is InChI=1S/C12H16N4O2S/c1-2-3-9-19(17,18)16-8-7-15-12-11(10-13)5-4-6-14-12/h2-6,16H,7-9H2,1H3,(H,14,15). The summed E-state index contributed by atoms with van der Waals surface area (Å²) in [5, 5.41) is 11.8. The summed E-state index contributed by atoms with van der Waals surface area (Å²) in [6.45, 7) is 2.36. The summed E-state index contributed by atoms with van der Waals surface area (Å²) in [7, 11) is -3.28. The van der Waals surface area contributed by atoms with Crippen LogP contribution in [0.1, 0.15) is 12.5 Å². The van der Waals surface area contributed by atoms with E-state index in [2.05, 4.69) is 15.0 Å². The maximum Gasteiger partial charge on any atom is 0.215 e. The first-order chi connectivity index (χ1) is 9.09. The number of anilines is 1. The molecule has 0 saturated carbocycles. The molecule has 0 amide bonds. The van der Waals surface area contributed by atoms with Crippen molar-refractivity contribution in [3.8, 4) is 6.07 Å². The van der Waals surface area contributed by atoms with Crippen LogP contribution >= 0.6 is 0 Å². The molecule has 102 valence electrons. The van der Waals surface area contributed by atoms with Gasteiger partial charge in [0.2, 0.25) is 10.0 Å². The second-order valence-electron chi connectivity index (χ2n) is 3.68. The molecule has 0 unspecified atom stereocenters. The number of rotatable bonds is 7. The van der Waals surface area contributed by atoms with E-state index in [1.807, 2.05) is 6.07 Å². The van der Waals surface area contributed by atoms with Crippen LogP contribution in [0.25, 0.3) is 0 Å². The number of aromatic nitrogens is 1. The average molecular weight is 280 g/mol. The molecule has 0 atom stereocenters. The summed E-state index contributed by atoms with van der Waals surface area (Å²) in [5.41, 5.74) is 0.430. The van der Waals surface area contributed by atoms with E-state index in [1.54, 1.807) is 37.4 Å². The van der Waals surface area contributed by atoms with Gasteiger partial charge >= 0.3 is 0 Å². The van der Waals surface area contributed by atoms with Gasteiger partial charge in [0.1, 0.15) is 11.9 Å². The van der Waals surface area contributed by atoms with E-state index in [4.69, 9.17) is 5.26 Å². The highest BCUT2D eigenvalue weighted by molar-refractivity contribution is 7.89. The van der Waals surface area contributed by atoms with Crippen molar-refractivity contribution < 1.29 is 8.42 Å². The van der Waals surface area contributed by atoms with Crippen molar-refractivity contribution in [1.29, 1.82) is 5.26 Å². The highest BCUT2D eigenvalue weighted by Gasteiger charge is 2.06. The number of pyridine rings is 1. The Balaban J connectivity index is 2.41. The first kappa shape index (κ1) is 15.1. The molecule has 1 rings (SSSR count). The van der Waals surface area contributed by atoms with Crippen LogP contribution in [0.4, 0.5) is 5.82 Å². The smallest absolute Gasteiger partial charge is 0.215 e. The lowest BCUT2D eigenvalue weighted by atomic mass is 10.3. The Bertz CT molecular complexity index is 576. The lowest BCUT2D eigenvalue weighted by Crippen LogP contribution is -2.30. The van der Waals surface area contributed by atoms with Gasteiger partial charge in [0.05, 0.1) is 11.3 Å². The molecule has 2 N–H and O–H groups in total. The predicted octanol–water partition coefficient (Wildman–Crippen LogP) is 0.861. The maximum atomic E-state index is 11.5. The SMILES string of the molecule is CC=CCS(=O)(=O)NCCNc1ncccc1C#N. The molecule has 1 heterocycles. The summed E-state index contributed by atoms with van der Waals surface area (Å²) in [6, 6.07) is 5.32. The third kappa shape index (κ3) is 5.50. The van der Waals surface area contributed by atoms with Crippen molar-refractivity contribution in [1.82, 2.24) is 9.71 Å². The van der Waals surface area contributed by atoms with Crippen LogP contribution in [-0.4, -0.2) is 32.2 Å². The van der Waals surface area contributed by atoms with Gasteiger partial charge in [0.25, 0.3) is 0 Å². The summed E-state index contributed by atoms with van der Waals surface area (Å²) >= 11 is 0. The van der Waals surface area contributed by atoms with Gasteiger partial charge in [-0.2, -0.15) is 5.26 Å². The largest absolute Gasteiger partial charge is 0.368 e. The van der Waals surface area contributed by atoms with Gasteiger partial charge in [-0.3, -0.25) is 0 Å². The van der Waals surface area contributed by atoms with E-state index in [9.17, 15) is 8.42 Å². The zero-order valence-electron chi connectivity index (χ0n) is 10.6. The maximum absolute atomic E-state index is 11.5. The number of nitrogens with one attached hydrogen (secondary N) is 2. The molecule has 0 spiro atoms. The van der Waals surface area contributed by atoms with E-state index in [0.29, 0.717) is 17.9 Å². The van der Waals surface area contributed by atoms with Gasteiger partial charge < -0.3 is 5.32 Å². The molecule has 19 heavy (non-hydrogen) atoms. The fourth-order valence-electron chi connectivity index (χ4n) is 1.31. The van der Waals surface area contributed by atoms with Crippen LogP contribution in [-0.2, 0) is 10.0 Å². The van der Waals surface area contributed by atoms with Crippen molar-refractivity contribution in [3.63, 3.8) is 0 Å². The van der Waals surface area contributed by atoms with Crippen LogP contribution in [0, 0.1) is 11.3 Å². The third-order valence-electron chi connectivity index (χ3n) is 2.22. The first-order valence-corrected chi connectivity index (χ1v) is 7.42. The molecule has 0 bridgehead atoms. The van der Waals surface area contributed by atoms with Crippen LogP contribution in [0.2, 0.25) is 0 Å².